The van der Waals surface area contributed by atoms with Gasteiger partial charge in [0.15, 0.2) is 0 Å². The number of sulfonamides is 1. The van der Waals surface area contributed by atoms with Crippen LogP contribution in [0, 0.1) is 11.7 Å². The van der Waals surface area contributed by atoms with Gasteiger partial charge < -0.3 is 4.74 Å². The van der Waals surface area contributed by atoms with E-state index in [1.807, 2.05) is 12.1 Å². The third-order valence-corrected chi connectivity index (χ3v) is 7.58. The molecule has 0 aromatic heterocycles. The van der Waals surface area contributed by atoms with E-state index >= 15 is 0 Å². The SMILES string of the molecule is O=S(=O)(CC1CC1)NCCOc1ccc2c(c1)C(Cc1cccc(F)c1)CCCC2. The Morgan fingerprint density at radius 2 is 1.93 bits per heavy atom. The lowest BCUT2D eigenvalue weighted by Gasteiger charge is -2.19. The Bertz CT molecular complexity index is 972. The number of ether oxygens (including phenoxy) is 1. The zero-order chi connectivity index (χ0) is 21.0. The summed E-state index contributed by atoms with van der Waals surface area (Å²) >= 11 is 0. The third kappa shape index (κ3) is 6.05. The molecule has 1 saturated carbocycles. The average Bonchev–Trinajstić information content (AvgIpc) is 3.53. The van der Waals surface area contributed by atoms with Crippen LogP contribution in [0.3, 0.4) is 0 Å². The predicted molar refractivity (Wildman–Crippen MR) is 117 cm³/mol. The summed E-state index contributed by atoms with van der Waals surface area (Å²) in [6.07, 6.45) is 7.30. The summed E-state index contributed by atoms with van der Waals surface area (Å²) in [7, 11) is -3.20. The molecule has 4 nitrogen and oxygen atoms in total. The van der Waals surface area contributed by atoms with Crippen LogP contribution in [0.4, 0.5) is 4.39 Å². The fourth-order valence-electron chi connectivity index (χ4n) is 4.31. The average molecular weight is 432 g/mol. The molecule has 1 fully saturated rings. The van der Waals surface area contributed by atoms with Crippen molar-refractivity contribution in [1.29, 1.82) is 0 Å². The van der Waals surface area contributed by atoms with Gasteiger partial charge in [-0.15, -0.1) is 0 Å². The summed E-state index contributed by atoms with van der Waals surface area (Å²) in [4.78, 5) is 0. The van der Waals surface area contributed by atoms with E-state index < -0.39 is 10.0 Å². The molecule has 2 aliphatic carbocycles. The number of halogens is 1. The lowest BCUT2D eigenvalue weighted by molar-refractivity contribution is 0.322. The summed E-state index contributed by atoms with van der Waals surface area (Å²) in [5.74, 6) is 1.48. The van der Waals surface area contributed by atoms with Gasteiger partial charge in [0.1, 0.15) is 18.2 Å². The molecule has 0 spiro atoms. The van der Waals surface area contributed by atoms with Crippen LogP contribution >= 0.6 is 0 Å². The second-order valence-electron chi connectivity index (χ2n) is 8.60. The van der Waals surface area contributed by atoms with Gasteiger partial charge in [-0.05, 0) is 91.3 Å². The summed E-state index contributed by atoms with van der Waals surface area (Å²) in [6.45, 7) is 0.579. The molecule has 162 valence electrons. The second-order valence-corrected chi connectivity index (χ2v) is 10.5. The standard InChI is InChI=1S/C24H30FNO3S/c25-22-7-3-4-19(15-22)14-21-6-2-1-5-20-10-11-23(16-24(20)21)29-13-12-26-30(27,28)17-18-8-9-18/h3-4,7,10-11,15-16,18,21,26H,1-2,5-6,8-9,12-14,17H2. The van der Waals surface area contributed by atoms with Crippen molar-refractivity contribution < 1.29 is 17.5 Å². The quantitative estimate of drug-likeness (QED) is 0.467. The van der Waals surface area contributed by atoms with Gasteiger partial charge in [0.2, 0.25) is 10.0 Å². The topological polar surface area (TPSA) is 55.4 Å². The molecule has 4 rings (SSSR count). The van der Waals surface area contributed by atoms with E-state index in [0.29, 0.717) is 18.4 Å². The molecule has 0 amide bonds. The highest BCUT2D eigenvalue weighted by Crippen LogP contribution is 2.35. The monoisotopic (exact) mass is 431 g/mol. The van der Waals surface area contributed by atoms with E-state index in [1.165, 1.54) is 17.2 Å². The van der Waals surface area contributed by atoms with Crippen LogP contribution in [0.1, 0.15) is 54.7 Å². The lowest BCUT2D eigenvalue weighted by Crippen LogP contribution is -2.31. The Hall–Kier alpha value is -1.92. The highest BCUT2D eigenvalue weighted by atomic mass is 32.2. The first-order valence-corrected chi connectivity index (χ1v) is 12.6. The molecule has 0 aliphatic heterocycles. The van der Waals surface area contributed by atoms with Crippen molar-refractivity contribution in [2.45, 2.75) is 50.9 Å². The molecule has 0 radical (unpaired) electrons. The Morgan fingerprint density at radius 3 is 2.73 bits per heavy atom. The van der Waals surface area contributed by atoms with Crippen molar-refractivity contribution >= 4 is 10.0 Å². The van der Waals surface area contributed by atoms with Crippen LogP contribution < -0.4 is 9.46 Å². The van der Waals surface area contributed by atoms with Crippen molar-refractivity contribution in [3.8, 4) is 5.75 Å². The van der Waals surface area contributed by atoms with Crippen molar-refractivity contribution in [3.63, 3.8) is 0 Å². The van der Waals surface area contributed by atoms with Gasteiger partial charge in [-0.1, -0.05) is 24.6 Å². The number of fused-ring (bicyclic) bond motifs is 1. The molecule has 6 heteroatoms. The van der Waals surface area contributed by atoms with Crippen LogP contribution in [0.2, 0.25) is 0 Å². The minimum absolute atomic E-state index is 0.192. The Kier molecular flexibility index (Phi) is 6.74. The van der Waals surface area contributed by atoms with E-state index in [4.69, 9.17) is 4.74 Å². The first kappa shape index (κ1) is 21.3. The molecule has 1 unspecified atom stereocenters. The fraction of sp³-hybridized carbons (Fsp3) is 0.500. The van der Waals surface area contributed by atoms with Crippen LogP contribution in [0.5, 0.6) is 5.75 Å². The molecule has 0 bridgehead atoms. The van der Waals surface area contributed by atoms with E-state index in [-0.39, 0.29) is 18.1 Å². The number of benzene rings is 2. The Labute approximate surface area is 178 Å². The van der Waals surface area contributed by atoms with E-state index in [2.05, 4.69) is 16.9 Å². The van der Waals surface area contributed by atoms with Gasteiger partial charge in [-0.3, -0.25) is 0 Å². The highest BCUT2D eigenvalue weighted by Gasteiger charge is 2.27. The van der Waals surface area contributed by atoms with Gasteiger partial charge in [0.05, 0.1) is 5.75 Å². The number of hydrogen-bond donors (Lipinski definition) is 1. The van der Waals surface area contributed by atoms with Gasteiger partial charge in [-0.2, -0.15) is 0 Å². The second kappa shape index (κ2) is 9.48. The molecule has 2 aromatic carbocycles. The first-order valence-electron chi connectivity index (χ1n) is 11.0. The van der Waals surface area contributed by atoms with Gasteiger partial charge in [-0.25, -0.2) is 17.5 Å². The Balaban J connectivity index is 1.39. The third-order valence-electron chi connectivity index (χ3n) is 6.02. The van der Waals surface area contributed by atoms with Crippen LogP contribution in [0.15, 0.2) is 42.5 Å². The van der Waals surface area contributed by atoms with Crippen molar-refractivity contribution in [2.75, 3.05) is 18.9 Å². The molecular formula is C24H30FNO3S. The van der Waals surface area contributed by atoms with E-state index in [0.717, 1.165) is 56.3 Å². The zero-order valence-electron chi connectivity index (χ0n) is 17.3. The summed E-state index contributed by atoms with van der Waals surface area (Å²) in [5.41, 5.74) is 3.64. The number of rotatable bonds is 9. The predicted octanol–water partition coefficient (Wildman–Crippen LogP) is 4.59. The molecular weight excluding hydrogens is 401 g/mol. The molecule has 1 N–H and O–H groups in total. The number of nitrogens with one attached hydrogen (secondary N) is 1. The molecule has 0 heterocycles. The zero-order valence-corrected chi connectivity index (χ0v) is 18.1. The minimum Gasteiger partial charge on any atom is -0.492 e. The maximum absolute atomic E-state index is 13.6. The molecule has 0 saturated heterocycles. The smallest absolute Gasteiger partial charge is 0.211 e. The maximum atomic E-state index is 13.6. The lowest BCUT2D eigenvalue weighted by atomic mass is 9.87. The van der Waals surface area contributed by atoms with Gasteiger partial charge >= 0.3 is 0 Å². The summed E-state index contributed by atoms with van der Waals surface area (Å²) < 4.78 is 46.1. The Morgan fingerprint density at radius 1 is 1.07 bits per heavy atom. The largest absolute Gasteiger partial charge is 0.492 e. The van der Waals surface area contributed by atoms with E-state index in [1.54, 1.807) is 12.1 Å². The summed E-state index contributed by atoms with van der Waals surface area (Å²) in [6, 6.07) is 13.1. The summed E-state index contributed by atoms with van der Waals surface area (Å²) in [5, 5.41) is 0. The van der Waals surface area contributed by atoms with Crippen LogP contribution in [-0.4, -0.2) is 27.3 Å². The molecule has 2 aliphatic rings. The molecule has 30 heavy (non-hydrogen) atoms. The van der Waals surface area contributed by atoms with Gasteiger partial charge in [0, 0.05) is 6.54 Å². The molecule has 2 aromatic rings. The van der Waals surface area contributed by atoms with Crippen LogP contribution in [0.25, 0.3) is 0 Å². The molecule has 1 atom stereocenters. The van der Waals surface area contributed by atoms with Crippen molar-refractivity contribution in [1.82, 2.24) is 4.72 Å². The van der Waals surface area contributed by atoms with Crippen LogP contribution in [-0.2, 0) is 22.9 Å². The maximum Gasteiger partial charge on any atom is 0.211 e. The number of aryl methyl sites for hydroxylation is 1. The number of hydrogen-bond acceptors (Lipinski definition) is 3. The van der Waals surface area contributed by atoms with Crippen molar-refractivity contribution in [2.24, 2.45) is 5.92 Å². The normalized spacial score (nSPS) is 19.2. The van der Waals surface area contributed by atoms with Crippen molar-refractivity contribution in [3.05, 3.63) is 65.0 Å². The first-order chi connectivity index (χ1) is 14.5. The fourth-order valence-corrected chi connectivity index (χ4v) is 5.78. The highest BCUT2D eigenvalue weighted by molar-refractivity contribution is 7.89. The van der Waals surface area contributed by atoms with E-state index in [9.17, 15) is 12.8 Å². The van der Waals surface area contributed by atoms with Gasteiger partial charge in [0.25, 0.3) is 0 Å². The minimum atomic E-state index is -3.20.